The summed E-state index contributed by atoms with van der Waals surface area (Å²) < 4.78 is 5.01. The van der Waals surface area contributed by atoms with E-state index in [1.807, 2.05) is 18.2 Å². The molecule has 2 N–H and O–H groups in total. The standard InChI is InChI=1S/C11H9N5O2/c17-9(7-4-2-1-3-5-7)11-13-10(15-18-11)8-6-12-16-14-8/h1-6,9,17H,(H,12,14,16). The number of aromatic amines is 1. The zero-order valence-corrected chi connectivity index (χ0v) is 9.19. The monoisotopic (exact) mass is 243 g/mol. The summed E-state index contributed by atoms with van der Waals surface area (Å²) in [7, 11) is 0. The van der Waals surface area contributed by atoms with Gasteiger partial charge in [0.05, 0.1) is 6.20 Å². The lowest BCUT2D eigenvalue weighted by molar-refractivity contribution is 0.170. The second-order valence-corrected chi connectivity index (χ2v) is 3.62. The summed E-state index contributed by atoms with van der Waals surface area (Å²) in [5, 5.41) is 23.7. The van der Waals surface area contributed by atoms with Crippen molar-refractivity contribution in [3.8, 4) is 11.5 Å². The van der Waals surface area contributed by atoms with Crippen molar-refractivity contribution in [1.29, 1.82) is 0 Å². The average Bonchev–Trinajstić information content (AvgIpc) is 3.09. The Labute approximate surface area is 101 Å². The Morgan fingerprint density at radius 1 is 1.22 bits per heavy atom. The van der Waals surface area contributed by atoms with Crippen LogP contribution in [0.1, 0.15) is 17.6 Å². The van der Waals surface area contributed by atoms with E-state index >= 15 is 0 Å². The second kappa shape index (κ2) is 4.38. The molecular weight excluding hydrogens is 234 g/mol. The van der Waals surface area contributed by atoms with E-state index in [1.54, 1.807) is 12.1 Å². The molecule has 0 saturated heterocycles. The highest BCUT2D eigenvalue weighted by atomic mass is 16.5. The van der Waals surface area contributed by atoms with Crippen molar-refractivity contribution in [2.45, 2.75) is 6.10 Å². The van der Waals surface area contributed by atoms with Gasteiger partial charge in [-0.05, 0) is 5.56 Å². The van der Waals surface area contributed by atoms with Crippen molar-refractivity contribution < 1.29 is 9.63 Å². The molecule has 90 valence electrons. The van der Waals surface area contributed by atoms with E-state index in [-0.39, 0.29) is 11.7 Å². The molecule has 18 heavy (non-hydrogen) atoms. The average molecular weight is 243 g/mol. The molecule has 0 aliphatic heterocycles. The van der Waals surface area contributed by atoms with Gasteiger partial charge in [-0.1, -0.05) is 35.5 Å². The van der Waals surface area contributed by atoms with Crippen LogP contribution in [0.2, 0.25) is 0 Å². The molecule has 0 amide bonds. The number of aliphatic hydroxyl groups excluding tert-OH is 1. The number of benzene rings is 1. The molecule has 7 heteroatoms. The van der Waals surface area contributed by atoms with Crippen molar-refractivity contribution in [3.63, 3.8) is 0 Å². The van der Waals surface area contributed by atoms with Crippen LogP contribution in [0.5, 0.6) is 0 Å². The van der Waals surface area contributed by atoms with Crippen LogP contribution in [0.3, 0.4) is 0 Å². The van der Waals surface area contributed by atoms with E-state index in [1.165, 1.54) is 6.20 Å². The largest absolute Gasteiger partial charge is 0.378 e. The maximum Gasteiger partial charge on any atom is 0.260 e. The Hall–Kier alpha value is -2.54. The van der Waals surface area contributed by atoms with Gasteiger partial charge in [0.2, 0.25) is 5.82 Å². The third kappa shape index (κ3) is 1.87. The first-order valence-corrected chi connectivity index (χ1v) is 5.27. The Morgan fingerprint density at radius 3 is 2.78 bits per heavy atom. The Morgan fingerprint density at radius 2 is 2.06 bits per heavy atom. The molecule has 0 aliphatic carbocycles. The Balaban J connectivity index is 1.90. The van der Waals surface area contributed by atoms with Crippen LogP contribution in [0, 0.1) is 0 Å². The van der Waals surface area contributed by atoms with Gasteiger partial charge < -0.3 is 9.63 Å². The first-order chi connectivity index (χ1) is 8.84. The van der Waals surface area contributed by atoms with Crippen molar-refractivity contribution in [3.05, 3.63) is 48.0 Å². The fourth-order valence-corrected chi connectivity index (χ4v) is 1.54. The van der Waals surface area contributed by atoms with Gasteiger partial charge >= 0.3 is 0 Å². The minimum Gasteiger partial charge on any atom is -0.378 e. The lowest BCUT2D eigenvalue weighted by Gasteiger charge is -2.04. The van der Waals surface area contributed by atoms with E-state index in [2.05, 4.69) is 25.6 Å². The molecule has 0 aliphatic rings. The van der Waals surface area contributed by atoms with Crippen LogP contribution in [-0.4, -0.2) is 30.7 Å². The van der Waals surface area contributed by atoms with E-state index in [0.717, 1.165) is 0 Å². The van der Waals surface area contributed by atoms with E-state index in [9.17, 15) is 5.11 Å². The second-order valence-electron chi connectivity index (χ2n) is 3.62. The Bertz CT molecular complexity index is 620. The molecule has 7 nitrogen and oxygen atoms in total. The van der Waals surface area contributed by atoms with E-state index in [0.29, 0.717) is 11.3 Å². The van der Waals surface area contributed by atoms with Gasteiger partial charge in [0.15, 0.2) is 11.8 Å². The van der Waals surface area contributed by atoms with Gasteiger partial charge in [-0.15, -0.1) is 0 Å². The number of nitrogens with zero attached hydrogens (tertiary/aromatic N) is 4. The van der Waals surface area contributed by atoms with Crippen molar-refractivity contribution in [2.24, 2.45) is 0 Å². The van der Waals surface area contributed by atoms with Gasteiger partial charge in [-0.25, -0.2) is 0 Å². The highest BCUT2D eigenvalue weighted by Crippen LogP contribution is 2.21. The first-order valence-electron chi connectivity index (χ1n) is 5.27. The summed E-state index contributed by atoms with van der Waals surface area (Å²) in [4.78, 5) is 4.08. The lowest BCUT2D eigenvalue weighted by atomic mass is 10.1. The molecule has 3 aromatic rings. The molecule has 2 heterocycles. The third-order valence-electron chi connectivity index (χ3n) is 2.44. The quantitative estimate of drug-likeness (QED) is 0.709. The molecule has 3 rings (SSSR count). The van der Waals surface area contributed by atoms with E-state index < -0.39 is 6.10 Å². The van der Waals surface area contributed by atoms with Gasteiger partial charge in [0.25, 0.3) is 5.89 Å². The van der Waals surface area contributed by atoms with Crippen LogP contribution < -0.4 is 0 Å². The molecule has 0 radical (unpaired) electrons. The van der Waals surface area contributed by atoms with Gasteiger partial charge in [-0.3, -0.25) is 0 Å². The number of H-pyrrole nitrogens is 1. The predicted octanol–water partition coefficient (Wildman–Crippen LogP) is 0.936. The zero-order valence-electron chi connectivity index (χ0n) is 9.19. The third-order valence-corrected chi connectivity index (χ3v) is 2.44. The highest BCUT2D eigenvalue weighted by Gasteiger charge is 2.19. The molecular formula is C11H9N5O2. The van der Waals surface area contributed by atoms with E-state index in [4.69, 9.17) is 4.52 Å². The van der Waals surface area contributed by atoms with Crippen molar-refractivity contribution >= 4 is 0 Å². The molecule has 0 saturated carbocycles. The summed E-state index contributed by atoms with van der Waals surface area (Å²) in [6.07, 6.45) is 0.531. The molecule has 1 unspecified atom stereocenters. The van der Waals surface area contributed by atoms with Gasteiger partial charge in [0.1, 0.15) is 0 Å². The van der Waals surface area contributed by atoms with Crippen LogP contribution in [0.4, 0.5) is 0 Å². The maximum absolute atomic E-state index is 10.1. The molecule has 0 fully saturated rings. The SMILES string of the molecule is OC(c1ccccc1)c1nc(-c2cn[nH]n2)no1. The lowest BCUT2D eigenvalue weighted by Crippen LogP contribution is -1.99. The van der Waals surface area contributed by atoms with Crippen LogP contribution in [-0.2, 0) is 0 Å². The topological polar surface area (TPSA) is 101 Å². The number of hydrogen-bond acceptors (Lipinski definition) is 6. The van der Waals surface area contributed by atoms with Crippen LogP contribution in [0.25, 0.3) is 11.5 Å². The molecule has 2 aromatic heterocycles. The Kier molecular flexibility index (Phi) is 2.58. The highest BCUT2D eigenvalue weighted by molar-refractivity contribution is 5.45. The smallest absolute Gasteiger partial charge is 0.260 e. The summed E-state index contributed by atoms with van der Waals surface area (Å²) in [5.41, 5.74) is 1.15. The predicted molar refractivity (Wildman–Crippen MR) is 60.2 cm³/mol. The minimum absolute atomic E-state index is 0.124. The number of aliphatic hydroxyl groups is 1. The number of rotatable bonds is 3. The summed E-state index contributed by atoms with van der Waals surface area (Å²) >= 11 is 0. The fourth-order valence-electron chi connectivity index (χ4n) is 1.54. The molecule has 0 bridgehead atoms. The maximum atomic E-state index is 10.1. The number of aromatic nitrogens is 5. The van der Waals surface area contributed by atoms with Crippen LogP contribution >= 0.6 is 0 Å². The molecule has 1 atom stereocenters. The molecule has 0 spiro atoms. The first kappa shape index (κ1) is 10.6. The van der Waals surface area contributed by atoms with Crippen molar-refractivity contribution in [1.82, 2.24) is 25.6 Å². The molecule has 1 aromatic carbocycles. The van der Waals surface area contributed by atoms with Crippen LogP contribution in [0.15, 0.2) is 41.1 Å². The van der Waals surface area contributed by atoms with Gasteiger partial charge in [0, 0.05) is 0 Å². The summed E-state index contributed by atoms with van der Waals surface area (Å²) in [6.45, 7) is 0. The minimum atomic E-state index is -0.945. The zero-order chi connectivity index (χ0) is 12.4. The van der Waals surface area contributed by atoms with Crippen molar-refractivity contribution in [2.75, 3.05) is 0 Å². The number of nitrogens with one attached hydrogen (secondary N) is 1. The summed E-state index contributed by atoms with van der Waals surface area (Å²) in [6, 6.07) is 9.08. The number of hydrogen-bond donors (Lipinski definition) is 2. The fraction of sp³-hybridized carbons (Fsp3) is 0.0909. The normalized spacial score (nSPS) is 12.5. The summed E-state index contributed by atoms with van der Waals surface area (Å²) in [5.74, 6) is 0.410. The van der Waals surface area contributed by atoms with Gasteiger partial charge in [-0.2, -0.15) is 20.4 Å².